The minimum absolute atomic E-state index is 0.562. The van der Waals surface area contributed by atoms with Crippen LogP contribution in [0.2, 0.25) is 0 Å². The molecule has 0 amide bonds. The van der Waals surface area contributed by atoms with Crippen molar-refractivity contribution in [3.05, 3.63) is 44.6 Å². The zero-order valence-electron chi connectivity index (χ0n) is 12.3. The van der Waals surface area contributed by atoms with Gasteiger partial charge in [0.05, 0.1) is 12.0 Å². The molecule has 0 saturated carbocycles. The van der Waals surface area contributed by atoms with Gasteiger partial charge in [-0.1, -0.05) is 13.0 Å². The Labute approximate surface area is 138 Å². The van der Waals surface area contributed by atoms with Gasteiger partial charge in [-0.05, 0) is 46.4 Å². The van der Waals surface area contributed by atoms with Gasteiger partial charge in [0.15, 0.2) is 0 Å². The topological polar surface area (TPSA) is 30.5 Å². The number of ether oxygens (including phenoxy) is 2. The van der Waals surface area contributed by atoms with Crippen molar-refractivity contribution in [1.82, 2.24) is 5.32 Å². The second-order valence-electron chi connectivity index (χ2n) is 4.63. The summed E-state index contributed by atoms with van der Waals surface area (Å²) in [6, 6.07) is 8.01. The maximum atomic E-state index is 6.00. The average molecular weight is 370 g/mol. The van der Waals surface area contributed by atoms with Crippen LogP contribution < -0.4 is 14.8 Å². The highest BCUT2D eigenvalue weighted by Gasteiger charge is 2.08. The van der Waals surface area contributed by atoms with Gasteiger partial charge < -0.3 is 14.8 Å². The summed E-state index contributed by atoms with van der Waals surface area (Å²) in [5.41, 5.74) is 1.15. The molecular formula is C16H20BrNO2S. The quantitative estimate of drug-likeness (QED) is 0.689. The highest BCUT2D eigenvalue weighted by atomic mass is 79.9. The number of nitrogens with one attached hydrogen (secondary N) is 1. The SMILES string of the molecule is CCCNCc1ccc(OC)cc1OCc1sccc1Br. The standard InChI is InChI=1S/C16H20BrNO2S/c1-3-7-18-10-12-4-5-13(19-2)9-15(12)20-11-16-14(17)6-8-21-16/h4-6,8-9,18H,3,7,10-11H2,1-2H3. The molecule has 1 aromatic carbocycles. The second-order valence-corrected chi connectivity index (χ2v) is 6.49. The van der Waals surface area contributed by atoms with Gasteiger partial charge in [-0.25, -0.2) is 0 Å². The van der Waals surface area contributed by atoms with Gasteiger partial charge in [0.25, 0.3) is 0 Å². The lowest BCUT2D eigenvalue weighted by Crippen LogP contribution is -2.14. The number of rotatable bonds is 8. The molecule has 1 N–H and O–H groups in total. The Hall–Kier alpha value is -1.04. The minimum atomic E-state index is 0.562. The summed E-state index contributed by atoms with van der Waals surface area (Å²) in [5, 5.41) is 5.46. The van der Waals surface area contributed by atoms with Gasteiger partial charge in [0, 0.05) is 22.6 Å². The molecule has 0 aliphatic carbocycles. The summed E-state index contributed by atoms with van der Waals surface area (Å²) in [6.07, 6.45) is 1.12. The van der Waals surface area contributed by atoms with Crippen LogP contribution in [0.15, 0.2) is 34.1 Å². The molecule has 1 heterocycles. The van der Waals surface area contributed by atoms with Gasteiger partial charge in [-0.15, -0.1) is 11.3 Å². The molecule has 5 heteroatoms. The normalized spacial score (nSPS) is 10.6. The molecule has 2 aromatic rings. The Morgan fingerprint density at radius 3 is 2.81 bits per heavy atom. The van der Waals surface area contributed by atoms with E-state index >= 15 is 0 Å². The van der Waals surface area contributed by atoms with Crippen molar-refractivity contribution in [2.75, 3.05) is 13.7 Å². The first kappa shape index (κ1) is 16.3. The Morgan fingerprint density at radius 2 is 2.14 bits per heavy atom. The van der Waals surface area contributed by atoms with Crippen molar-refractivity contribution in [1.29, 1.82) is 0 Å². The molecule has 0 unspecified atom stereocenters. The fourth-order valence-electron chi connectivity index (χ4n) is 1.91. The van der Waals surface area contributed by atoms with E-state index in [2.05, 4.69) is 39.6 Å². The molecule has 0 fully saturated rings. The van der Waals surface area contributed by atoms with Crippen LogP contribution in [0.25, 0.3) is 0 Å². The van der Waals surface area contributed by atoms with Crippen molar-refractivity contribution >= 4 is 27.3 Å². The smallest absolute Gasteiger partial charge is 0.128 e. The molecule has 1 aromatic heterocycles. The molecule has 0 saturated heterocycles. The number of benzene rings is 1. The van der Waals surface area contributed by atoms with E-state index in [4.69, 9.17) is 9.47 Å². The molecule has 0 aliphatic heterocycles. The summed E-state index contributed by atoms with van der Waals surface area (Å²) in [7, 11) is 1.67. The van der Waals surface area contributed by atoms with Crippen LogP contribution in [0.1, 0.15) is 23.8 Å². The third-order valence-electron chi connectivity index (χ3n) is 3.07. The van der Waals surface area contributed by atoms with Crippen molar-refractivity contribution in [3.63, 3.8) is 0 Å². The Bertz CT molecular complexity index is 571. The largest absolute Gasteiger partial charge is 0.497 e. The highest BCUT2D eigenvalue weighted by molar-refractivity contribution is 9.10. The third kappa shape index (κ3) is 4.73. The first-order valence-corrected chi connectivity index (χ1v) is 8.64. The molecule has 0 aliphatic rings. The van der Waals surface area contributed by atoms with Gasteiger partial charge in [-0.2, -0.15) is 0 Å². The molecule has 0 bridgehead atoms. The molecular weight excluding hydrogens is 350 g/mol. The van der Waals surface area contributed by atoms with E-state index in [0.29, 0.717) is 6.61 Å². The fourth-order valence-corrected chi connectivity index (χ4v) is 3.29. The summed E-state index contributed by atoms with van der Waals surface area (Å²) in [5.74, 6) is 1.69. The monoisotopic (exact) mass is 369 g/mol. The van der Waals surface area contributed by atoms with E-state index in [1.807, 2.05) is 18.2 Å². The van der Waals surface area contributed by atoms with Gasteiger partial charge >= 0.3 is 0 Å². The number of halogens is 1. The summed E-state index contributed by atoms with van der Waals surface area (Å²) < 4.78 is 12.4. The Balaban J connectivity index is 2.08. The first-order chi connectivity index (χ1) is 10.2. The van der Waals surface area contributed by atoms with Crippen LogP contribution in [-0.2, 0) is 13.2 Å². The van der Waals surface area contributed by atoms with Crippen LogP contribution >= 0.6 is 27.3 Å². The van der Waals surface area contributed by atoms with Gasteiger partial charge in [0.2, 0.25) is 0 Å². The van der Waals surface area contributed by atoms with Crippen LogP contribution in [0.4, 0.5) is 0 Å². The molecule has 2 rings (SSSR count). The van der Waals surface area contributed by atoms with Crippen molar-refractivity contribution in [3.8, 4) is 11.5 Å². The maximum absolute atomic E-state index is 6.00. The molecule has 114 valence electrons. The molecule has 0 spiro atoms. The van der Waals surface area contributed by atoms with Gasteiger partial charge in [-0.3, -0.25) is 0 Å². The Kier molecular flexibility index (Phi) is 6.54. The van der Waals surface area contributed by atoms with E-state index < -0.39 is 0 Å². The lowest BCUT2D eigenvalue weighted by molar-refractivity contribution is 0.302. The van der Waals surface area contributed by atoms with Crippen LogP contribution in [0.5, 0.6) is 11.5 Å². The van der Waals surface area contributed by atoms with Crippen LogP contribution in [0, 0.1) is 0 Å². The van der Waals surface area contributed by atoms with E-state index in [1.165, 1.54) is 4.88 Å². The molecule has 0 atom stereocenters. The van der Waals surface area contributed by atoms with E-state index in [-0.39, 0.29) is 0 Å². The summed E-state index contributed by atoms with van der Waals surface area (Å²) >= 11 is 5.22. The van der Waals surface area contributed by atoms with Crippen LogP contribution in [-0.4, -0.2) is 13.7 Å². The lowest BCUT2D eigenvalue weighted by Gasteiger charge is -2.13. The predicted molar refractivity (Wildman–Crippen MR) is 91.3 cm³/mol. The van der Waals surface area contributed by atoms with Crippen molar-refractivity contribution < 1.29 is 9.47 Å². The highest BCUT2D eigenvalue weighted by Crippen LogP contribution is 2.28. The zero-order valence-corrected chi connectivity index (χ0v) is 14.7. The predicted octanol–water partition coefficient (Wildman–Crippen LogP) is 4.60. The van der Waals surface area contributed by atoms with Crippen LogP contribution in [0.3, 0.4) is 0 Å². The summed E-state index contributed by atoms with van der Waals surface area (Å²) in [4.78, 5) is 1.19. The third-order valence-corrected chi connectivity index (χ3v) is 4.97. The van der Waals surface area contributed by atoms with E-state index in [9.17, 15) is 0 Å². The zero-order chi connectivity index (χ0) is 15.1. The van der Waals surface area contributed by atoms with Crippen molar-refractivity contribution in [2.24, 2.45) is 0 Å². The first-order valence-electron chi connectivity index (χ1n) is 6.97. The number of thiophene rings is 1. The maximum Gasteiger partial charge on any atom is 0.128 e. The number of methoxy groups -OCH3 is 1. The average Bonchev–Trinajstić information content (AvgIpc) is 2.91. The van der Waals surface area contributed by atoms with E-state index in [1.54, 1.807) is 18.4 Å². The minimum Gasteiger partial charge on any atom is -0.497 e. The molecule has 3 nitrogen and oxygen atoms in total. The fraction of sp³-hybridized carbons (Fsp3) is 0.375. The number of hydrogen-bond donors (Lipinski definition) is 1. The van der Waals surface area contributed by atoms with E-state index in [0.717, 1.165) is 41.0 Å². The molecule has 21 heavy (non-hydrogen) atoms. The molecule has 0 radical (unpaired) electrons. The second kappa shape index (κ2) is 8.41. The Morgan fingerprint density at radius 1 is 1.29 bits per heavy atom. The number of hydrogen-bond acceptors (Lipinski definition) is 4. The summed E-state index contributed by atoms with van der Waals surface area (Å²) in [6.45, 7) is 4.53. The van der Waals surface area contributed by atoms with Gasteiger partial charge in [0.1, 0.15) is 18.1 Å². The lowest BCUT2D eigenvalue weighted by atomic mass is 10.2. The van der Waals surface area contributed by atoms with Crippen molar-refractivity contribution in [2.45, 2.75) is 26.5 Å².